The van der Waals surface area contributed by atoms with Crippen molar-refractivity contribution in [2.45, 2.75) is 32.6 Å². The van der Waals surface area contributed by atoms with E-state index in [4.69, 9.17) is 0 Å². The minimum atomic E-state index is -2.00. The molecule has 0 radical (unpaired) electrons. The SMILES string of the molecule is Cc1ccc(-c2cc(CS(=O)O)cc(C(=O)N[C@H](C)c3cnc(C)nc3)c2)cc1. The van der Waals surface area contributed by atoms with Crippen molar-refractivity contribution in [1.82, 2.24) is 15.3 Å². The van der Waals surface area contributed by atoms with Crippen LogP contribution in [0.1, 0.15) is 45.8 Å². The molecule has 1 heterocycles. The third-order valence-corrected chi connectivity index (χ3v) is 5.16. The Balaban J connectivity index is 1.90. The number of aryl methyl sites for hydroxylation is 2. The molecule has 2 N–H and O–H groups in total. The fourth-order valence-electron chi connectivity index (χ4n) is 2.95. The number of carbonyl (C=O) groups excluding carboxylic acids is 1. The van der Waals surface area contributed by atoms with Crippen LogP contribution in [-0.2, 0) is 16.8 Å². The molecule has 150 valence electrons. The third-order valence-electron chi connectivity index (χ3n) is 4.58. The lowest BCUT2D eigenvalue weighted by Gasteiger charge is -2.15. The number of nitrogens with one attached hydrogen (secondary N) is 1. The summed E-state index contributed by atoms with van der Waals surface area (Å²) in [6, 6.07) is 12.9. The predicted molar refractivity (Wildman–Crippen MR) is 114 cm³/mol. The largest absolute Gasteiger partial charge is 0.345 e. The highest BCUT2D eigenvalue weighted by atomic mass is 32.2. The van der Waals surface area contributed by atoms with E-state index in [2.05, 4.69) is 15.3 Å². The van der Waals surface area contributed by atoms with Gasteiger partial charge >= 0.3 is 0 Å². The summed E-state index contributed by atoms with van der Waals surface area (Å²) in [6.45, 7) is 5.67. The molecule has 0 bridgehead atoms. The number of hydrogen-bond donors (Lipinski definition) is 2. The van der Waals surface area contributed by atoms with Gasteiger partial charge in [-0.25, -0.2) is 14.2 Å². The highest BCUT2D eigenvalue weighted by Gasteiger charge is 2.15. The van der Waals surface area contributed by atoms with Crippen LogP contribution < -0.4 is 5.32 Å². The molecule has 3 rings (SSSR count). The Kier molecular flexibility index (Phi) is 6.51. The van der Waals surface area contributed by atoms with Crippen molar-refractivity contribution in [3.05, 3.63) is 82.9 Å². The van der Waals surface area contributed by atoms with Gasteiger partial charge < -0.3 is 9.87 Å². The molecule has 7 heteroatoms. The van der Waals surface area contributed by atoms with Gasteiger partial charge in [0.15, 0.2) is 11.1 Å². The fourth-order valence-corrected chi connectivity index (χ4v) is 3.40. The summed E-state index contributed by atoms with van der Waals surface area (Å²) in [4.78, 5) is 21.2. The van der Waals surface area contributed by atoms with Gasteiger partial charge in [-0.05, 0) is 49.6 Å². The molecule has 2 atom stereocenters. The zero-order chi connectivity index (χ0) is 21.0. The topological polar surface area (TPSA) is 92.2 Å². The minimum absolute atomic E-state index is 0.0403. The van der Waals surface area contributed by atoms with E-state index in [9.17, 15) is 13.6 Å². The van der Waals surface area contributed by atoms with Crippen LogP contribution in [0.4, 0.5) is 0 Å². The monoisotopic (exact) mass is 409 g/mol. The van der Waals surface area contributed by atoms with E-state index in [0.29, 0.717) is 17.0 Å². The van der Waals surface area contributed by atoms with Gasteiger partial charge in [-0.2, -0.15) is 0 Å². The highest BCUT2D eigenvalue weighted by Crippen LogP contribution is 2.24. The van der Waals surface area contributed by atoms with E-state index in [1.807, 2.05) is 44.2 Å². The smallest absolute Gasteiger partial charge is 0.251 e. The summed E-state index contributed by atoms with van der Waals surface area (Å²) in [7, 11) is 0. The van der Waals surface area contributed by atoms with Gasteiger partial charge in [0, 0.05) is 23.5 Å². The van der Waals surface area contributed by atoms with Gasteiger partial charge in [-0.15, -0.1) is 0 Å². The van der Waals surface area contributed by atoms with Crippen molar-refractivity contribution in [1.29, 1.82) is 0 Å². The first kappa shape index (κ1) is 20.8. The summed E-state index contributed by atoms with van der Waals surface area (Å²) in [6.07, 6.45) is 3.38. The zero-order valence-corrected chi connectivity index (χ0v) is 17.4. The van der Waals surface area contributed by atoms with Crippen molar-refractivity contribution in [2.24, 2.45) is 0 Å². The maximum absolute atomic E-state index is 12.9. The standard InChI is InChI=1S/C22H23N3O3S/c1-14-4-6-18(7-5-14)19-8-17(13-29(27)28)9-20(10-19)22(26)25-15(2)21-11-23-16(3)24-12-21/h4-12,15H,13H2,1-3H3,(H,25,26)(H,27,28)/t15-/m1/s1. The van der Waals surface area contributed by atoms with E-state index in [0.717, 1.165) is 22.3 Å². The number of benzene rings is 2. The van der Waals surface area contributed by atoms with Crippen LogP contribution in [0.2, 0.25) is 0 Å². The molecule has 1 amide bonds. The second-order valence-electron chi connectivity index (χ2n) is 7.01. The van der Waals surface area contributed by atoms with E-state index in [-0.39, 0.29) is 17.7 Å². The lowest BCUT2D eigenvalue weighted by molar-refractivity contribution is 0.0939. The van der Waals surface area contributed by atoms with Crippen LogP contribution in [0.3, 0.4) is 0 Å². The Labute approximate surface area is 172 Å². The molecule has 0 aliphatic heterocycles. The molecule has 3 aromatic rings. The Morgan fingerprint density at radius 3 is 2.34 bits per heavy atom. The van der Waals surface area contributed by atoms with Crippen LogP contribution in [0.15, 0.2) is 54.9 Å². The molecule has 29 heavy (non-hydrogen) atoms. The number of hydrogen-bond acceptors (Lipinski definition) is 4. The quantitative estimate of drug-likeness (QED) is 0.601. The van der Waals surface area contributed by atoms with Crippen molar-refractivity contribution in [3.63, 3.8) is 0 Å². The van der Waals surface area contributed by atoms with Crippen LogP contribution in [0.5, 0.6) is 0 Å². The van der Waals surface area contributed by atoms with Crippen molar-refractivity contribution < 1.29 is 13.6 Å². The number of amides is 1. The molecule has 0 spiro atoms. The van der Waals surface area contributed by atoms with Gasteiger partial charge in [0.1, 0.15) is 5.82 Å². The average molecular weight is 410 g/mol. The van der Waals surface area contributed by atoms with Gasteiger partial charge in [0.25, 0.3) is 5.91 Å². The predicted octanol–water partition coefficient (Wildman–Crippen LogP) is 3.97. The van der Waals surface area contributed by atoms with E-state index < -0.39 is 11.1 Å². The normalized spacial score (nSPS) is 13.0. The molecular formula is C22H23N3O3S. The summed E-state index contributed by atoms with van der Waals surface area (Å²) < 4.78 is 20.6. The second-order valence-corrected chi connectivity index (χ2v) is 7.94. The summed E-state index contributed by atoms with van der Waals surface area (Å²) in [5.41, 5.74) is 4.76. The summed E-state index contributed by atoms with van der Waals surface area (Å²) in [5.74, 6) is 0.359. The van der Waals surface area contributed by atoms with Crippen molar-refractivity contribution in [2.75, 3.05) is 0 Å². The van der Waals surface area contributed by atoms with Gasteiger partial charge in [-0.3, -0.25) is 4.79 Å². The van der Waals surface area contributed by atoms with Gasteiger partial charge in [0.2, 0.25) is 0 Å². The molecule has 0 aliphatic carbocycles. The molecule has 0 aliphatic rings. The Bertz CT molecular complexity index is 1030. The van der Waals surface area contributed by atoms with Crippen LogP contribution in [0, 0.1) is 13.8 Å². The molecule has 0 saturated carbocycles. The third kappa shape index (κ3) is 5.56. The first-order valence-corrected chi connectivity index (χ1v) is 10.5. The number of carbonyl (C=O) groups is 1. The first-order valence-electron chi connectivity index (χ1n) is 9.19. The number of aromatic nitrogens is 2. The van der Waals surface area contributed by atoms with Crippen LogP contribution >= 0.6 is 0 Å². The van der Waals surface area contributed by atoms with Crippen molar-refractivity contribution in [3.8, 4) is 11.1 Å². The number of rotatable bonds is 6. The van der Waals surface area contributed by atoms with Crippen molar-refractivity contribution >= 4 is 17.0 Å². The lowest BCUT2D eigenvalue weighted by Crippen LogP contribution is -2.27. The van der Waals surface area contributed by atoms with Gasteiger partial charge in [-0.1, -0.05) is 35.9 Å². The maximum Gasteiger partial charge on any atom is 0.251 e. The zero-order valence-electron chi connectivity index (χ0n) is 16.5. The molecule has 2 aromatic carbocycles. The molecule has 1 aromatic heterocycles. The maximum atomic E-state index is 12.9. The molecule has 0 saturated heterocycles. The van der Waals surface area contributed by atoms with Gasteiger partial charge in [0.05, 0.1) is 11.8 Å². The van der Waals surface area contributed by atoms with E-state index >= 15 is 0 Å². The molecule has 6 nitrogen and oxygen atoms in total. The summed E-state index contributed by atoms with van der Waals surface area (Å²) >= 11 is -2.00. The Morgan fingerprint density at radius 1 is 1.07 bits per heavy atom. The van der Waals surface area contributed by atoms with E-state index in [1.165, 1.54) is 0 Å². The molecule has 1 unspecified atom stereocenters. The van der Waals surface area contributed by atoms with E-state index in [1.54, 1.807) is 31.5 Å². The Hall–Kier alpha value is -2.90. The Morgan fingerprint density at radius 2 is 1.72 bits per heavy atom. The fraction of sp³-hybridized carbons (Fsp3) is 0.227. The second kappa shape index (κ2) is 9.07. The number of nitrogens with zero attached hydrogens (tertiary/aromatic N) is 2. The average Bonchev–Trinajstić information content (AvgIpc) is 2.68. The molecule has 0 fully saturated rings. The highest BCUT2D eigenvalue weighted by molar-refractivity contribution is 7.78. The summed E-state index contributed by atoms with van der Waals surface area (Å²) in [5, 5.41) is 2.94. The van der Waals surface area contributed by atoms with Crippen LogP contribution in [0.25, 0.3) is 11.1 Å². The first-order chi connectivity index (χ1) is 13.8. The molecular weight excluding hydrogens is 386 g/mol. The van der Waals surface area contributed by atoms with Crippen LogP contribution in [-0.4, -0.2) is 24.6 Å². The lowest BCUT2D eigenvalue weighted by atomic mass is 9.99. The minimum Gasteiger partial charge on any atom is -0.345 e.